The Balaban J connectivity index is 1.32. The summed E-state index contributed by atoms with van der Waals surface area (Å²) in [5.74, 6) is 0. The number of thioether (sulfide) groups is 1. The molecule has 0 radical (unpaired) electrons. The van der Waals surface area contributed by atoms with E-state index in [4.69, 9.17) is 0 Å². The molecule has 2 aliphatic rings. The molecule has 1 fully saturated rings. The van der Waals surface area contributed by atoms with E-state index in [1.807, 2.05) is 11.8 Å². The molecule has 2 heterocycles. The molecule has 0 spiro atoms. The SMILES string of the molecule is c1ccc2c(c1)CC(c1nnc(CCCNC3CC3)s1)S2. The molecule has 1 aromatic heterocycles. The number of rotatable bonds is 6. The molecule has 5 heteroatoms. The summed E-state index contributed by atoms with van der Waals surface area (Å²) in [5, 5.41) is 15.2. The zero-order chi connectivity index (χ0) is 14.1. The molecule has 4 rings (SSSR count). The van der Waals surface area contributed by atoms with E-state index in [2.05, 4.69) is 39.8 Å². The quantitative estimate of drug-likeness (QED) is 0.826. The van der Waals surface area contributed by atoms with Crippen LogP contribution in [0.3, 0.4) is 0 Å². The van der Waals surface area contributed by atoms with Gasteiger partial charge in [-0.25, -0.2) is 0 Å². The lowest BCUT2D eigenvalue weighted by molar-refractivity contribution is 0.642. The van der Waals surface area contributed by atoms with Gasteiger partial charge in [-0.15, -0.1) is 33.3 Å². The molecule has 2 aromatic rings. The van der Waals surface area contributed by atoms with Crippen molar-refractivity contribution >= 4 is 23.1 Å². The third kappa shape index (κ3) is 3.30. The maximum atomic E-state index is 4.43. The predicted octanol–water partition coefficient (Wildman–Crippen LogP) is 3.61. The molecule has 110 valence electrons. The highest BCUT2D eigenvalue weighted by Crippen LogP contribution is 2.46. The van der Waals surface area contributed by atoms with Gasteiger partial charge in [0.1, 0.15) is 10.0 Å². The zero-order valence-corrected chi connectivity index (χ0v) is 13.6. The van der Waals surface area contributed by atoms with Crippen LogP contribution >= 0.6 is 23.1 Å². The van der Waals surface area contributed by atoms with Gasteiger partial charge < -0.3 is 5.32 Å². The van der Waals surface area contributed by atoms with Crippen LogP contribution in [0, 0.1) is 0 Å². The first-order chi connectivity index (χ1) is 10.4. The maximum absolute atomic E-state index is 4.43. The minimum Gasteiger partial charge on any atom is -0.314 e. The Kier molecular flexibility index (Phi) is 3.97. The Labute approximate surface area is 133 Å². The Morgan fingerprint density at radius 3 is 2.95 bits per heavy atom. The van der Waals surface area contributed by atoms with Crippen molar-refractivity contribution in [2.24, 2.45) is 0 Å². The summed E-state index contributed by atoms with van der Waals surface area (Å²) >= 11 is 3.74. The standard InChI is InChI=1S/C16H19N3S2/c1-2-5-13-11(4-1)10-14(20-13)16-19-18-15(21-16)6-3-9-17-12-7-8-12/h1-2,4-5,12,14,17H,3,6-10H2. The Bertz CT molecular complexity index is 596. The molecular weight excluding hydrogens is 298 g/mol. The fourth-order valence-electron chi connectivity index (χ4n) is 2.65. The number of nitrogens with one attached hydrogen (secondary N) is 1. The third-order valence-corrected chi connectivity index (χ3v) is 6.56. The van der Waals surface area contributed by atoms with E-state index in [1.165, 1.54) is 39.7 Å². The van der Waals surface area contributed by atoms with Gasteiger partial charge in [-0.1, -0.05) is 18.2 Å². The highest BCUT2D eigenvalue weighted by Gasteiger charge is 2.26. The van der Waals surface area contributed by atoms with Gasteiger partial charge in [0.15, 0.2) is 0 Å². The Hall–Kier alpha value is -0.910. The van der Waals surface area contributed by atoms with Crippen LogP contribution in [0.1, 0.15) is 40.1 Å². The van der Waals surface area contributed by atoms with Crippen LogP contribution in [0.4, 0.5) is 0 Å². The first-order valence-electron chi connectivity index (χ1n) is 7.69. The van der Waals surface area contributed by atoms with E-state index in [9.17, 15) is 0 Å². The molecule has 21 heavy (non-hydrogen) atoms. The van der Waals surface area contributed by atoms with Gasteiger partial charge in [-0.2, -0.15) is 0 Å². The van der Waals surface area contributed by atoms with Crippen LogP contribution < -0.4 is 5.32 Å². The van der Waals surface area contributed by atoms with Crippen molar-refractivity contribution in [3.63, 3.8) is 0 Å². The average Bonchev–Trinajstić information content (AvgIpc) is 3.04. The lowest BCUT2D eigenvalue weighted by Crippen LogP contribution is -2.17. The van der Waals surface area contributed by atoms with Crippen molar-refractivity contribution in [1.82, 2.24) is 15.5 Å². The molecule has 1 aromatic carbocycles. The van der Waals surface area contributed by atoms with Crippen molar-refractivity contribution in [3.8, 4) is 0 Å². The normalized spacial score (nSPS) is 20.7. The summed E-state index contributed by atoms with van der Waals surface area (Å²) in [6, 6.07) is 9.50. The van der Waals surface area contributed by atoms with Crippen LogP contribution in [-0.4, -0.2) is 22.8 Å². The molecule has 0 bridgehead atoms. The van der Waals surface area contributed by atoms with E-state index in [0.717, 1.165) is 25.4 Å². The van der Waals surface area contributed by atoms with E-state index in [0.29, 0.717) is 5.25 Å². The van der Waals surface area contributed by atoms with E-state index < -0.39 is 0 Å². The van der Waals surface area contributed by atoms with E-state index in [1.54, 1.807) is 11.3 Å². The largest absolute Gasteiger partial charge is 0.314 e. The molecule has 1 aliphatic carbocycles. The molecule has 0 saturated heterocycles. The van der Waals surface area contributed by atoms with E-state index in [-0.39, 0.29) is 0 Å². The fraction of sp³-hybridized carbons (Fsp3) is 0.500. The van der Waals surface area contributed by atoms with Crippen LogP contribution in [0.15, 0.2) is 29.2 Å². The second-order valence-electron chi connectivity index (χ2n) is 5.78. The smallest absolute Gasteiger partial charge is 0.131 e. The summed E-state index contributed by atoms with van der Waals surface area (Å²) < 4.78 is 0. The molecule has 1 aliphatic heterocycles. The number of benzene rings is 1. The summed E-state index contributed by atoms with van der Waals surface area (Å²) in [6.07, 6.45) is 6.05. The summed E-state index contributed by atoms with van der Waals surface area (Å²) in [7, 11) is 0. The van der Waals surface area contributed by atoms with E-state index >= 15 is 0 Å². The van der Waals surface area contributed by atoms with Gasteiger partial charge in [0.05, 0.1) is 5.25 Å². The van der Waals surface area contributed by atoms with Gasteiger partial charge in [0.25, 0.3) is 0 Å². The fourth-order valence-corrected chi connectivity index (χ4v) is 4.98. The van der Waals surface area contributed by atoms with Gasteiger partial charge in [-0.05, 0) is 43.9 Å². The molecule has 1 saturated carbocycles. The molecule has 1 atom stereocenters. The van der Waals surface area contributed by atoms with Crippen LogP contribution in [0.25, 0.3) is 0 Å². The predicted molar refractivity (Wildman–Crippen MR) is 88.0 cm³/mol. The average molecular weight is 317 g/mol. The molecular formula is C16H19N3S2. The van der Waals surface area contributed by atoms with Gasteiger partial charge in [-0.3, -0.25) is 0 Å². The highest BCUT2D eigenvalue weighted by atomic mass is 32.2. The lowest BCUT2D eigenvalue weighted by Gasteiger charge is -2.01. The number of nitrogens with zero attached hydrogens (tertiary/aromatic N) is 2. The monoisotopic (exact) mass is 317 g/mol. The van der Waals surface area contributed by atoms with Crippen molar-refractivity contribution in [3.05, 3.63) is 39.8 Å². The molecule has 3 nitrogen and oxygen atoms in total. The van der Waals surface area contributed by atoms with Crippen molar-refractivity contribution in [1.29, 1.82) is 0 Å². The maximum Gasteiger partial charge on any atom is 0.131 e. The Morgan fingerprint density at radius 1 is 1.19 bits per heavy atom. The lowest BCUT2D eigenvalue weighted by atomic mass is 10.1. The zero-order valence-electron chi connectivity index (χ0n) is 11.9. The summed E-state index contributed by atoms with van der Waals surface area (Å²) in [6.45, 7) is 1.11. The molecule has 1 unspecified atom stereocenters. The van der Waals surface area contributed by atoms with Gasteiger partial charge in [0, 0.05) is 17.4 Å². The minimum absolute atomic E-state index is 0.471. The second kappa shape index (κ2) is 6.07. The first kappa shape index (κ1) is 13.7. The summed E-state index contributed by atoms with van der Waals surface area (Å²) in [4.78, 5) is 1.41. The number of hydrogen-bond acceptors (Lipinski definition) is 5. The van der Waals surface area contributed by atoms with Crippen LogP contribution in [0.2, 0.25) is 0 Å². The molecule has 0 amide bonds. The number of aromatic nitrogens is 2. The van der Waals surface area contributed by atoms with Crippen molar-refractivity contribution in [2.75, 3.05) is 6.54 Å². The number of fused-ring (bicyclic) bond motifs is 1. The first-order valence-corrected chi connectivity index (χ1v) is 9.38. The van der Waals surface area contributed by atoms with Crippen LogP contribution in [-0.2, 0) is 12.8 Å². The van der Waals surface area contributed by atoms with Gasteiger partial charge >= 0.3 is 0 Å². The minimum atomic E-state index is 0.471. The number of hydrogen-bond donors (Lipinski definition) is 1. The third-order valence-electron chi connectivity index (χ3n) is 3.98. The topological polar surface area (TPSA) is 37.8 Å². The number of aryl methyl sites for hydroxylation is 1. The summed E-state index contributed by atoms with van der Waals surface area (Å²) in [5.41, 5.74) is 1.46. The molecule has 1 N–H and O–H groups in total. The Morgan fingerprint density at radius 2 is 2.10 bits per heavy atom. The highest BCUT2D eigenvalue weighted by molar-refractivity contribution is 8.00. The second-order valence-corrected chi connectivity index (χ2v) is 8.12. The van der Waals surface area contributed by atoms with Crippen molar-refractivity contribution in [2.45, 2.75) is 48.3 Å². The van der Waals surface area contributed by atoms with Gasteiger partial charge in [0.2, 0.25) is 0 Å². The van der Waals surface area contributed by atoms with Crippen molar-refractivity contribution < 1.29 is 0 Å². The van der Waals surface area contributed by atoms with Crippen LogP contribution in [0.5, 0.6) is 0 Å².